The number of aryl methyl sites for hydroxylation is 1. The Kier molecular flexibility index (Phi) is 2.89. The Labute approximate surface area is 102 Å². The highest BCUT2D eigenvalue weighted by molar-refractivity contribution is 5.85. The first kappa shape index (κ1) is 10.8. The van der Waals surface area contributed by atoms with Gasteiger partial charge >= 0.3 is 0 Å². The zero-order chi connectivity index (χ0) is 11.7. The predicted octanol–water partition coefficient (Wildman–Crippen LogP) is 3.02. The van der Waals surface area contributed by atoms with E-state index < -0.39 is 0 Å². The fraction of sp³-hybridized carbons (Fsp3) is 0.467. The Morgan fingerprint density at radius 1 is 1.35 bits per heavy atom. The SMILES string of the molecule is Cc1cccc2c(CCNCC3CC3)c[nH]c12. The van der Waals surface area contributed by atoms with E-state index in [1.54, 1.807) is 0 Å². The molecule has 0 amide bonds. The van der Waals surface area contributed by atoms with Gasteiger partial charge in [0, 0.05) is 17.1 Å². The van der Waals surface area contributed by atoms with Gasteiger partial charge in [-0.05, 0) is 56.3 Å². The maximum absolute atomic E-state index is 3.55. The highest BCUT2D eigenvalue weighted by atomic mass is 14.9. The molecule has 2 N–H and O–H groups in total. The second-order valence-electron chi connectivity index (χ2n) is 5.21. The molecule has 2 nitrogen and oxygen atoms in total. The normalized spacial score (nSPS) is 15.6. The van der Waals surface area contributed by atoms with Crippen LogP contribution in [0.2, 0.25) is 0 Å². The van der Waals surface area contributed by atoms with E-state index in [9.17, 15) is 0 Å². The van der Waals surface area contributed by atoms with E-state index in [0.29, 0.717) is 0 Å². The number of fused-ring (bicyclic) bond motifs is 1. The molecule has 1 fully saturated rings. The first-order valence-electron chi connectivity index (χ1n) is 6.61. The van der Waals surface area contributed by atoms with E-state index in [1.807, 2.05) is 0 Å². The second-order valence-corrected chi connectivity index (χ2v) is 5.21. The van der Waals surface area contributed by atoms with Crippen molar-refractivity contribution in [1.82, 2.24) is 10.3 Å². The first-order chi connectivity index (χ1) is 8.34. The van der Waals surface area contributed by atoms with Crippen molar-refractivity contribution in [3.05, 3.63) is 35.5 Å². The Balaban J connectivity index is 1.65. The molecule has 0 saturated heterocycles. The highest BCUT2D eigenvalue weighted by Gasteiger charge is 2.20. The van der Waals surface area contributed by atoms with Crippen molar-refractivity contribution in [2.75, 3.05) is 13.1 Å². The van der Waals surface area contributed by atoms with Crippen molar-refractivity contribution in [2.24, 2.45) is 5.92 Å². The molecule has 1 aliphatic carbocycles. The van der Waals surface area contributed by atoms with Crippen molar-refractivity contribution in [3.63, 3.8) is 0 Å². The third-order valence-electron chi connectivity index (χ3n) is 3.71. The molecule has 17 heavy (non-hydrogen) atoms. The molecule has 3 rings (SSSR count). The van der Waals surface area contributed by atoms with Crippen LogP contribution in [0, 0.1) is 12.8 Å². The molecule has 1 heterocycles. The van der Waals surface area contributed by atoms with Gasteiger partial charge in [-0.2, -0.15) is 0 Å². The monoisotopic (exact) mass is 228 g/mol. The van der Waals surface area contributed by atoms with Crippen LogP contribution in [0.3, 0.4) is 0 Å². The summed E-state index contributed by atoms with van der Waals surface area (Å²) in [5.74, 6) is 0.972. The number of H-pyrrole nitrogens is 1. The van der Waals surface area contributed by atoms with Gasteiger partial charge < -0.3 is 10.3 Å². The smallest absolute Gasteiger partial charge is 0.0486 e. The molecule has 0 spiro atoms. The van der Waals surface area contributed by atoms with Crippen LogP contribution in [0.15, 0.2) is 24.4 Å². The Hall–Kier alpha value is -1.28. The summed E-state index contributed by atoms with van der Waals surface area (Å²) in [7, 11) is 0. The van der Waals surface area contributed by atoms with E-state index in [2.05, 4.69) is 41.6 Å². The molecular formula is C15H20N2. The van der Waals surface area contributed by atoms with Crippen molar-refractivity contribution in [3.8, 4) is 0 Å². The lowest BCUT2D eigenvalue weighted by atomic mass is 10.1. The number of aromatic amines is 1. The third kappa shape index (κ3) is 2.37. The Bertz CT molecular complexity index is 509. The molecule has 2 aromatic rings. The number of hydrogen-bond donors (Lipinski definition) is 2. The minimum Gasteiger partial charge on any atom is -0.361 e. The third-order valence-corrected chi connectivity index (χ3v) is 3.71. The number of hydrogen-bond acceptors (Lipinski definition) is 1. The molecular weight excluding hydrogens is 208 g/mol. The van der Waals surface area contributed by atoms with Crippen molar-refractivity contribution in [1.29, 1.82) is 0 Å². The minimum atomic E-state index is 0.972. The van der Waals surface area contributed by atoms with Crippen LogP contribution < -0.4 is 5.32 Å². The van der Waals surface area contributed by atoms with Gasteiger partial charge in [0.1, 0.15) is 0 Å². The number of benzene rings is 1. The zero-order valence-corrected chi connectivity index (χ0v) is 10.4. The number of nitrogens with one attached hydrogen (secondary N) is 2. The van der Waals surface area contributed by atoms with Crippen LogP contribution in [0.1, 0.15) is 24.0 Å². The van der Waals surface area contributed by atoms with Crippen LogP contribution in [-0.2, 0) is 6.42 Å². The van der Waals surface area contributed by atoms with Gasteiger partial charge in [-0.25, -0.2) is 0 Å². The van der Waals surface area contributed by atoms with Gasteiger partial charge in [-0.15, -0.1) is 0 Å². The first-order valence-corrected chi connectivity index (χ1v) is 6.61. The van der Waals surface area contributed by atoms with Crippen molar-refractivity contribution < 1.29 is 0 Å². The minimum absolute atomic E-state index is 0.972. The number of rotatable bonds is 5. The van der Waals surface area contributed by atoms with Crippen molar-refractivity contribution in [2.45, 2.75) is 26.2 Å². The van der Waals surface area contributed by atoms with Crippen LogP contribution in [0.5, 0.6) is 0 Å². The average molecular weight is 228 g/mol. The summed E-state index contributed by atoms with van der Waals surface area (Å²) in [5.41, 5.74) is 4.07. The van der Waals surface area contributed by atoms with Crippen LogP contribution in [-0.4, -0.2) is 18.1 Å². The van der Waals surface area contributed by atoms with Crippen molar-refractivity contribution >= 4 is 10.9 Å². The molecule has 1 aromatic carbocycles. The maximum Gasteiger partial charge on any atom is 0.0486 e. The fourth-order valence-electron chi connectivity index (χ4n) is 2.42. The lowest BCUT2D eigenvalue weighted by Gasteiger charge is -2.03. The average Bonchev–Trinajstić information content (AvgIpc) is 3.06. The largest absolute Gasteiger partial charge is 0.361 e. The van der Waals surface area contributed by atoms with E-state index in [-0.39, 0.29) is 0 Å². The van der Waals surface area contributed by atoms with E-state index in [0.717, 1.165) is 18.9 Å². The van der Waals surface area contributed by atoms with E-state index >= 15 is 0 Å². The quantitative estimate of drug-likeness (QED) is 0.756. The molecule has 2 heteroatoms. The molecule has 1 aromatic heterocycles. The topological polar surface area (TPSA) is 27.8 Å². The summed E-state index contributed by atoms with van der Waals surface area (Å²) in [6.07, 6.45) is 6.14. The molecule has 1 saturated carbocycles. The maximum atomic E-state index is 3.55. The highest BCUT2D eigenvalue weighted by Crippen LogP contribution is 2.27. The second kappa shape index (κ2) is 4.53. The lowest BCUT2D eigenvalue weighted by Crippen LogP contribution is -2.19. The number of aromatic nitrogens is 1. The van der Waals surface area contributed by atoms with E-state index in [4.69, 9.17) is 0 Å². The molecule has 1 aliphatic rings. The van der Waals surface area contributed by atoms with Crippen LogP contribution >= 0.6 is 0 Å². The number of para-hydroxylation sites is 1. The predicted molar refractivity (Wildman–Crippen MR) is 72.3 cm³/mol. The summed E-state index contributed by atoms with van der Waals surface area (Å²) in [5, 5.41) is 4.94. The fourth-order valence-corrected chi connectivity index (χ4v) is 2.42. The van der Waals surface area contributed by atoms with Gasteiger partial charge in [-0.1, -0.05) is 18.2 Å². The summed E-state index contributed by atoms with van der Waals surface area (Å²) in [4.78, 5) is 3.39. The summed E-state index contributed by atoms with van der Waals surface area (Å²) < 4.78 is 0. The van der Waals surface area contributed by atoms with E-state index in [1.165, 1.54) is 41.4 Å². The molecule has 0 radical (unpaired) electrons. The van der Waals surface area contributed by atoms with Gasteiger partial charge in [0.15, 0.2) is 0 Å². The summed E-state index contributed by atoms with van der Waals surface area (Å²) >= 11 is 0. The summed E-state index contributed by atoms with van der Waals surface area (Å²) in [6, 6.07) is 6.52. The zero-order valence-electron chi connectivity index (χ0n) is 10.4. The molecule has 0 unspecified atom stereocenters. The Morgan fingerprint density at radius 2 is 2.24 bits per heavy atom. The van der Waals surface area contributed by atoms with Gasteiger partial charge in [0.05, 0.1) is 0 Å². The van der Waals surface area contributed by atoms with Gasteiger partial charge in [0.25, 0.3) is 0 Å². The molecule has 0 aliphatic heterocycles. The molecule has 0 atom stereocenters. The molecule has 0 bridgehead atoms. The summed E-state index contributed by atoms with van der Waals surface area (Å²) in [6.45, 7) is 4.47. The Morgan fingerprint density at radius 3 is 3.06 bits per heavy atom. The standard InChI is InChI=1S/C15H20N2/c1-11-3-2-4-14-13(10-17-15(11)14)7-8-16-9-12-5-6-12/h2-4,10,12,16-17H,5-9H2,1H3. The van der Waals surface area contributed by atoms with Gasteiger partial charge in [0.2, 0.25) is 0 Å². The lowest BCUT2D eigenvalue weighted by molar-refractivity contribution is 0.638. The van der Waals surface area contributed by atoms with Crippen LogP contribution in [0.25, 0.3) is 10.9 Å². The molecule has 90 valence electrons. The van der Waals surface area contributed by atoms with Gasteiger partial charge in [-0.3, -0.25) is 0 Å². The van der Waals surface area contributed by atoms with Crippen LogP contribution in [0.4, 0.5) is 0 Å².